The summed E-state index contributed by atoms with van der Waals surface area (Å²) in [6, 6.07) is 7.12. The number of sulfonamides is 1. The molecule has 0 heterocycles. The molecule has 20 heavy (non-hydrogen) atoms. The molecule has 0 bridgehead atoms. The first-order valence-electron chi connectivity index (χ1n) is 7.25. The molecule has 1 fully saturated rings. The van der Waals surface area contributed by atoms with Crippen molar-refractivity contribution in [2.45, 2.75) is 44.6 Å². The molecule has 1 atom stereocenters. The second-order valence-electron chi connectivity index (χ2n) is 6.02. The molecule has 2 rings (SSSR count). The van der Waals surface area contributed by atoms with Gasteiger partial charge >= 0.3 is 0 Å². The molecule has 1 aliphatic carbocycles. The van der Waals surface area contributed by atoms with E-state index in [2.05, 4.69) is 30.8 Å². The van der Waals surface area contributed by atoms with Crippen molar-refractivity contribution in [2.75, 3.05) is 11.9 Å². The summed E-state index contributed by atoms with van der Waals surface area (Å²) in [5.74, 6) is 1.21. The number of nitrogens with one attached hydrogen (secondary N) is 2. The Bertz CT molecular complexity index is 533. The van der Waals surface area contributed by atoms with E-state index in [-0.39, 0.29) is 6.04 Å². The summed E-state index contributed by atoms with van der Waals surface area (Å²) in [5.41, 5.74) is 0.961. The second-order valence-corrected chi connectivity index (χ2v) is 7.74. The molecule has 0 aromatic heterocycles. The largest absolute Gasteiger partial charge is 0.385 e. The van der Waals surface area contributed by atoms with Gasteiger partial charge in [-0.2, -0.15) is 0 Å². The molecule has 0 aliphatic heterocycles. The first-order chi connectivity index (χ1) is 9.38. The van der Waals surface area contributed by atoms with Crippen molar-refractivity contribution in [2.24, 2.45) is 11.8 Å². The summed E-state index contributed by atoms with van der Waals surface area (Å²) in [7, 11) is -3.34. The van der Waals surface area contributed by atoms with E-state index >= 15 is 0 Å². The average Bonchev–Trinajstić information content (AvgIpc) is 3.19. The predicted octanol–water partition coefficient (Wildman–Crippen LogP) is 2.83. The van der Waals surface area contributed by atoms with Crippen LogP contribution in [0.4, 0.5) is 5.69 Å². The fourth-order valence-corrected chi connectivity index (χ4v) is 3.06. The van der Waals surface area contributed by atoms with E-state index in [9.17, 15) is 8.42 Å². The van der Waals surface area contributed by atoms with Gasteiger partial charge in [0.25, 0.3) is 0 Å². The van der Waals surface area contributed by atoms with Crippen molar-refractivity contribution in [1.82, 2.24) is 4.72 Å². The summed E-state index contributed by atoms with van der Waals surface area (Å²) in [6.07, 6.45) is 1.90. The number of anilines is 1. The third kappa shape index (κ3) is 4.21. The van der Waals surface area contributed by atoms with Gasteiger partial charge < -0.3 is 5.32 Å². The van der Waals surface area contributed by atoms with Crippen LogP contribution < -0.4 is 10.0 Å². The lowest BCUT2D eigenvalue weighted by Gasteiger charge is -2.17. The number of benzene rings is 1. The summed E-state index contributed by atoms with van der Waals surface area (Å²) in [4.78, 5) is 0.340. The smallest absolute Gasteiger partial charge is 0.240 e. The summed E-state index contributed by atoms with van der Waals surface area (Å²) in [5, 5.41) is 3.34. The Labute approximate surface area is 122 Å². The van der Waals surface area contributed by atoms with E-state index in [1.54, 1.807) is 12.1 Å². The molecule has 112 valence electrons. The minimum atomic E-state index is -3.34. The van der Waals surface area contributed by atoms with Gasteiger partial charge in [-0.3, -0.25) is 0 Å². The standard InChI is InChI=1S/C15H24N2O2S/c1-11(2)12(3)10-16-13-6-8-15(9-7-13)20(18,19)17-14-4-5-14/h6-9,11-12,14,16-17H,4-5,10H2,1-3H3. The van der Waals surface area contributed by atoms with E-state index in [1.807, 2.05) is 12.1 Å². The SMILES string of the molecule is CC(C)C(C)CNc1ccc(S(=O)(=O)NC2CC2)cc1. The number of hydrogen-bond donors (Lipinski definition) is 2. The molecular formula is C15H24N2O2S. The van der Waals surface area contributed by atoms with Gasteiger partial charge in [0.05, 0.1) is 4.90 Å². The van der Waals surface area contributed by atoms with Crippen molar-refractivity contribution in [3.63, 3.8) is 0 Å². The Balaban J connectivity index is 1.95. The topological polar surface area (TPSA) is 58.2 Å². The molecule has 2 N–H and O–H groups in total. The molecule has 1 saturated carbocycles. The van der Waals surface area contributed by atoms with Crippen molar-refractivity contribution in [3.05, 3.63) is 24.3 Å². The molecule has 5 heteroatoms. The third-order valence-corrected chi connectivity index (χ3v) is 5.37. The Kier molecular flexibility index (Phi) is 4.70. The lowest BCUT2D eigenvalue weighted by atomic mass is 9.98. The Morgan fingerprint density at radius 3 is 2.25 bits per heavy atom. The quantitative estimate of drug-likeness (QED) is 0.813. The van der Waals surface area contributed by atoms with E-state index in [4.69, 9.17) is 0 Å². The minimum absolute atomic E-state index is 0.143. The van der Waals surface area contributed by atoms with Gasteiger partial charge in [0.15, 0.2) is 0 Å². The monoisotopic (exact) mass is 296 g/mol. The second kappa shape index (κ2) is 6.14. The normalized spacial score (nSPS) is 17.2. The maximum absolute atomic E-state index is 12.0. The third-order valence-electron chi connectivity index (χ3n) is 3.83. The van der Waals surface area contributed by atoms with Gasteiger partial charge in [-0.15, -0.1) is 0 Å². The Morgan fingerprint density at radius 1 is 1.15 bits per heavy atom. The fraction of sp³-hybridized carbons (Fsp3) is 0.600. The maximum atomic E-state index is 12.0. The first kappa shape index (κ1) is 15.3. The van der Waals surface area contributed by atoms with Crippen LogP contribution in [0.25, 0.3) is 0 Å². The summed E-state index contributed by atoms with van der Waals surface area (Å²) >= 11 is 0. The van der Waals surface area contributed by atoms with Crippen molar-refractivity contribution < 1.29 is 8.42 Å². The van der Waals surface area contributed by atoms with Gasteiger partial charge in [-0.1, -0.05) is 20.8 Å². The highest BCUT2D eigenvalue weighted by molar-refractivity contribution is 7.89. The first-order valence-corrected chi connectivity index (χ1v) is 8.73. The molecule has 1 aromatic carbocycles. The number of hydrogen-bond acceptors (Lipinski definition) is 3. The average molecular weight is 296 g/mol. The van der Waals surface area contributed by atoms with Crippen LogP contribution in [0.15, 0.2) is 29.2 Å². The van der Waals surface area contributed by atoms with Gasteiger partial charge in [0, 0.05) is 18.3 Å². The molecule has 0 spiro atoms. The predicted molar refractivity (Wildman–Crippen MR) is 82.3 cm³/mol. The molecule has 0 radical (unpaired) electrons. The zero-order valence-corrected chi connectivity index (χ0v) is 13.2. The van der Waals surface area contributed by atoms with Crippen LogP contribution in [-0.2, 0) is 10.0 Å². The van der Waals surface area contributed by atoms with Crippen LogP contribution in [0, 0.1) is 11.8 Å². The van der Waals surface area contributed by atoms with E-state index in [0.29, 0.717) is 16.7 Å². The summed E-state index contributed by atoms with van der Waals surface area (Å²) < 4.78 is 26.7. The van der Waals surface area contributed by atoms with Crippen LogP contribution in [0.5, 0.6) is 0 Å². The van der Waals surface area contributed by atoms with Crippen LogP contribution in [-0.4, -0.2) is 21.0 Å². The molecule has 1 aromatic rings. The highest BCUT2D eigenvalue weighted by Gasteiger charge is 2.27. The molecule has 0 amide bonds. The van der Waals surface area contributed by atoms with Gasteiger partial charge in [-0.05, 0) is 48.9 Å². The Hall–Kier alpha value is -1.07. The van der Waals surface area contributed by atoms with E-state index in [0.717, 1.165) is 25.1 Å². The van der Waals surface area contributed by atoms with Gasteiger partial charge in [-0.25, -0.2) is 13.1 Å². The summed E-state index contributed by atoms with van der Waals surface area (Å²) in [6.45, 7) is 7.50. The number of rotatable bonds is 7. The highest BCUT2D eigenvalue weighted by atomic mass is 32.2. The maximum Gasteiger partial charge on any atom is 0.240 e. The van der Waals surface area contributed by atoms with Crippen LogP contribution in [0.1, 0.15) is 33.6 Å². The van der Waals surface area contributed by atoms with Crippen LogP contribution in [0.3, 0.4) is 0 Å². The van der Waals surface area contributed by atoms with Crippen molar-refractivity contribution in [3.8, 4) is 0 Å². The van der Waals surface area contributed by atoms with Crippen LogP contribution >= 0.6 is 0 Å². The lowest BCUT2D eigenvalue weighted by molar-refractivity contribution is 0.440. The van der Waals surface area contributed by atoms with Gasteiger partial charge in [0.1, 0.15) is 0 Å². The zero-order chi connectivity index (χ0) is 14.8. The molecular weight excluding hydrogens is 272 g/mol. The minimum Gasteiger partial charge on any atom is -0.385 e. The Morgan fingerprint density at radius 2 is 1.75 bits per heavy atom. The molecule has 1 unspecified atom stereocenters. The van der Waals surface area contributed by atoms with Crippen LogP contribution in [0.2, 0.25) is 0 Å². The van der Waals surface area contributed by atoms with Crippen molar-refractivity contribution in [1.29, 1.82) is 0 Å². The van der Waals surface area contributed by atoms with E-state index in [1.165, 1.54) is 0 Å². The molecule has 4 nitrogen and oxygen atoms in total. The lowest BCUT2D eigenvalue weighted by Crippen LogP contribution is -2.25. The molecule has 0 saturated heterocycles. The zero-order valence-electron chi connectivity index (χ0n) is 12.4. The van der Waals surface area contributed by atoms with Gasteiger partial charge in [0.2, 0.25) is 10.0 Å². The van der Waals surface area contributed by atoms with E-state index < -0.39 is 10.0 Å². The molecule has 1 aliphatic rings. The highest BCUT2D eigenvalue weighted by Crippen LogP contribution is 2.23. The van der Waals surface area contributed by atoms with Crippen molar-refractivity contribution >= 4 is 15.7 Å². The fourth-order valence-electron chi connectivity index (χ4n) is 1.76.